The summed E-state index contributed by atoms with van der Waals surface area (Å²) in [6, 6.07) is 10.2. The molecule has 0 saturated heterocycles. The molecule has 1 aromatic heterocycles. The van der Waals surface area contributed by atoms with E-state index in [1.165, 1.54) is 18.3 Å². The predicted molar refractivity (Wildman–Crippen MR) is 84.2 cm³/mol. The first-order valence-electron chi connectivity index (χ1n) is 5.84. The molecule has 0 fully saturated rings. The lowest BCUT2D eigenvalue weighted by Crippen LogP contribution is -2.21. The summed E-state index contributed by atoms with van der Waals surface area (Å²) in [5.74, 6) is -0.864. The van der Waals surface area contributed by atoms with Crippen LogP contribution < -0.4 is 10.1 Å². The lowest BCUT2D eigenvalue weighted by molar-refractivity contribution is -0.390. The maximum Gasteiger partial charge on any atom is 0.406 e. The lowest BCUT2D eigenvalue weighted by Gasteiger charge is -2.08. The Labute approximate surface area is 133 Å². The molecule has 7 nitrogen and oxygen atoms in total. The van der Waals surface area contributed by atoms with Gasteiger partial charge in [0.15, 0.2) is 6.61 Å². The molecule has 0 aliphatic rings. The third kappa shape index (κ3) is 4.12. The number of rotatable bonds is 5. The number of carbonyl (C=O) groups is 1. The van der Waals surface area contributed by atoms with E-state index in [4.69, 9.17) is 4.74 Å². The number of aromatic nitrogens is 1. The quantitative estimate of drug-likeness (QED) is 0.474. The molecular weight excluding hydrogens is 389 g/mol. The number of ether oxygens (including phenoxy) is 1. The number of para-hydroxylation sites is 1. The molecular formula is C13H10IN3O4. The smallest absolute Gasteiger partial charge is 0.406 e. The van der Waals surface area contributed by atoms with Crippen LogP contribution in [0.4, 0.5) is 11.5 Å². The Bertz CT molecular complexity index is 678. The highest BCUT2D eigenvalue weighted by Crippen LogP contribution is 2.23. The van der Waals surface area contributed by atoms with Crippen LogP contribution in [-0.2, 0) is 4.79 Å². The standard InChI is InChI=1S/C13H10IN3O4/c14-9-4-1-2-5-10(9)16-12(18)8-21-11-6-3-7-15-13(11)17(19)20/h1-7H,8H2,(H,16,18). The highest BCUT2D eigenvalue weighted by molar-refractivity contribution is 14.1. The zero-order chi connectivity index (χ0) is 15.2. The van der Waals surface area contributed by atoms with Crippen molar-refractivity contribution in [1.29, 1.82) is 0 Å². The molecule has 8 heteroatoms. The molecule has 0 atom stereocenters. The fraction of sp³-hybridized carbons (Fsp3) is 0.0769. The predicted octanol–water partition coefficient (Wildman–Crippen LogP) is 2.61. The van der Waals surface area contributed by atoms with Crippen molar-refractivity contribution in [1.82, 2.24) is 4.98 Å². The van der Waals surface area contributed by atoms with Crippen molar-refractivity contribution in [2.75, 3.05) is 11.9 Å². The summed E-state index contributed by atoms with van der Waals surface area (Å²) in [6.07, 6.45) is 1.29. The Morgan fingerprint density at radius 2 is 2.10 bits per heavy atom. The van der Waals surface area contributed by atoms with Crippen LogP contribution in [0.25, 0.3) is 0 Å². The Kier molecular flexibility index (Phi) is 5.04. The minimum absolute atomic E-state index is 0.0413. The van der Waals surface area contributed by atoms with Gasteiger partial charge in [0.1, 0.15) is 6.20 Å². The second-order valence-corrected chi connectivity index (χ2v) is 5.06. The fourth-order valence-electron chi connectivity index (χ4n) is 1.52. The molecule has 0 spiro atoms. The maximum atomic E-state index is 11.8. The first-order chi connectivity index (χ1) is 10.1. The number of amides is 1. The van der Waals surface area contributed by atoms with Crippen molar-refractivity contribution >= 4 is 40.0 Å². The third-order valence-corrected chi connectivity index (χ3v) is 3.37. The topological polar surface area (TPSA) is 94.4 Å². The monoisotopic (exact) mass is 399 g/mol. The van der Waals surface area contributed by atoms with Gasteiger partial charge in [0.05, 0.1) is 5.69 Å². The lowest BCUT2D eigenvalue weighted by atomic mass is 10.3. The highest BCUT2D eigenvalue weighted by atomic mass is 127. The van der Waals surface area contributed by atoms with Gasteiger partial charge in [-0.25, -0.2) is 0 Å². The summed E-state index contributed by atoms with van der Waals surface area (Å²) in [5.41, 5.74) is 0.660. The first kappa shape index (κ1) is 15.2. The number of benzene rings is 1. The van der Waals surface area contributed by atoms with Gasteiger partial charge < -0.3 is 20.2 Å². The molecule has 2 aromatic rings. The van der Waals surface area contributed by atoms with Crippen LogP contribution in [-0.4, -0.2) is 22.4 Å². The average molecular weight is 399 g/mol. The first-order valence-corrected chi connectivity index (χ1v) is 6.92. The van der Waals surface area contributed by atoms with E-state index in [1.54, 1.807) is 12.1 Å². The molecule has 0 saturated carbocycles. The summed E-state index contributed by atoms with van der Waals surface area (Å²) in [5, 5.41) is 13.4. The number of nitrogens with zero attached hydrogens (tertiary/aromatic N) is 2. The van der Waals surface area contributed by atoms with Crippen molar-refractivity contribution in [2.45, 2.75) is 0 Å². The van der Waals surface area contributed by atoms with Crippen molar-refractivity contribution in [2.24, 2.45) is 0 Å². The maximum absolute atomic E-state index is 11.8. The van der Waals surface area contributed by atoms with Crippen LogP contribution in [0.5, 0.6) is 5.75 Å². The summed E-state index contributed by atoms with van der Waals surface area (Å²) in [6.45, 7) is -0.336. The van der Waals surface area contributed by atoms with Gasteiger partial charge in [-0.2, -0.15) is 0 Å². The molecule has 0 aliphatic heterocycles. The van der Waals surface area contributed by atoms with E-state index in [9.17, 15) is 14.9 Å². The Balaban J connectivity index is 1.99. The van der Waals surface area contributed by atoms with Gasteiger partial charge in [0.2, 0.25) is 5.75 Å². The van der Waals surface area contributed by atoms with E-state index >= 15 is 0 Å². The average Bonchev–Trinajstić information content (AvgIpc) is 2.48. The number of pyridine rings is 1. The van der Waals surface area contributed by atoms with Gasteiger partial charge in [-0.05, 0) is 56.8 Å². The molecule has 0 unspecified atom stereocenters. The fourth-order valence-corrected chi connectivity index (χ4v) is 2.05. The Morgan fingerprint density at radius 3 is 2.81 bits per heavy atom. The van der Waals surface area contributed by atoms with E-state index in [0.717, 1.165) is 3.57 Å². The van der Waals surface area contributed by atoms with Crippen LogP contribution >= 0.6 is 22.6 Å². The van der Waals surface area contributed by atoms with Gasteiger partial charge in [-0.1, -0.05) is 12.1 Å². The summed E-state index contributed by atoms with van der Waals surface area (Å²) < 4.78 is 6.04. The molecule has 1 heterocycles. The van der Waals surface area contributed by atoms with Crippen LogP contribution in [0, 0.1) is 13.7 Å². The van der Waals surface area contributed by atoms with Crippen molar-refractivity contribution in [3.8, 4) is 5.75 Å². The summed E-state index contributed by atoms with van der Waals surface area (Å²) >= 11 is 2.09. The Hall–Kier alpha value is -2.23. The highest BCUT2D eigenvalue weighted by Gasteiger charge is 2.16. The van der Waals surface area contributed by atoms with E-state index < -0.39 is 16.6 Å². The molecule has 21 heavy (non-hydrogen) atoms. The number of hydrogen-bond acceptors (Lipinski definition) is 5. The van der Waals surface area contributed by atoms with Gasteiger partial charge >= 0.3 is 5.82 Å². The number of hydrogen-bond donors (Lipinski definition) is 1. The molecule has 0 bridgehead atoms. The minimum atomic E-state index is -0.659. The number of anilines is 1. The van der Waals surface area contributed by atoms with Crippen molar-refractivity contribution < 1.29 is 14.5 Å². The largest absolute Gasteiger partial charge is 0.476 e. The van der Waals surface area contributed by atoms with Crippen LogP contribution in [0.1, 0.15) is 0 Å². The van der Waals surface area contributed by atoms with E-state index in [0.29, 0.717) is 5.69 Å². The second-order valence-electron chi connectivity index (χ2n) is 3.90. The van der Waals surface area contributed by atoms with Crippen LogP contribution in [0.3, 0.4) is 0 Å². The number of nitro groups is 1. The van der Waals surface area contributed by atoms with E-state index in [1.807, 2.05) is 12.1 Å². The molecule has 1 aromatic carbocycles. The van der Waals surface area contributed by atoms with Gasteiger partial charge in [-0.15, -0.1) is 0 Å². The molecule has 1 N–H and O–H groups in total. The van der Waals surface area contributed by atoms with Gasteiger partial charge in [0.25, 0.3) is 5.91 Å². The molecule has 2 rings (SSSR count). The zero-order valence-electron chi connectivity index (χ0n) is 10.7. The summed E-state index contributed by atoms with van der Waals surface area (Å²) in [7, 11) is 0. The molecule has 108 valence electrons. The van der Waals surface area contributed by atoms with Gasteiger partial charge in [0, 0.05) is 3.57 Å². The van der Waals surface area contributed by atoms with Crippen molar-refractivity contribution in [3.63, 3.8) is 0 Å². The minimum Gasteiger partial charge on any atom is -0.476 e. The molecule has 0 radical (unpaired) electrons. The SMILES string of the molecule is O=C(COc1cccnc1[N+](=O)[O-])Nc1ccccc1I. The number of halogens is 1. The number of carbonyl (C=O) groups excluding carboxylic acids is 1. The van der Waals surface area contributed by atoms with Crippen LogP contribution in [0.15, 0.2) is 42.6 Å². The van der Waals surface area contributed by atoms with Crippen molar-refractivity contribution in [3.05, 3.63) is 56.3 Å². The Morgan fingerprint density at radius 1 is 1.33 bits per heavy atom. The van der Waals surface area contributed by atoms with Crippen LogP contribution in [0.2, 0.25) is 0 Å². The molecule has 1 amide bonds. The number of nitrogens with one attached hydrogen (secondary N) is 1. The zero-order valence-corrected chi connectivity index (χ0v) is 12.8. The third-order valence-electron chi connectivity index (χ3n) is 2.43. The van der Waals surface area contributed by atoms with Gasteiger partial charge in [-0.3, -0.25) is 4.79 Å². The van der Waals surface area contributed by atoms with E-state index in [-0.39, 0.29) is 12.4 Å². The molecule has 0 aliphatic carbocycles. The second kappa shape index (κ2) is 6.97. The van der Waals surface area contributed by atoms with E-state index in [2.05, 4.69) is 32.9 Å². The normalized spacial score (nSPS) is 9.95. The summed E-state index contributed by atoms with van der Waals surface area (Å²) in [4.78, 5) is 25.5.